The van der Waals surface area contributed by atoms with Gasteiger partial charge in [-0.1, -0.05) is 30.3 Å². The van der Waals surface area contributed by atoms with Gasteiger partial charge in [0.15, 0.2) is 0 Å². The molecule has 0 radical (unpaired) electrons. The summed E-state index contributed by atoms with van der Waals surface area (Å²) in [5, 5.41) is 2.18. The third kappa shape index (κ3) is 2.78. The highest BCUT2D eigenvalue weighted by Gasteiger charge is 2.13. The molecule has 0 bridgehead atoms. The van der Waals surface area contributed by atoms with E-state index in [0.29, 0.717) is 6.42 Å². The van der Waals surface area contributed by atoms with Gasteiger partial charge in [0.05, 0.1) is 11.7 Å². The lowest BCUT2D eigenvalue weighted by atomic mass is 9.97. The van der Waals surface area contributed by atoms with Gasteiger partial charge in [0, 0.05) is 11.6 Å². The fourth-order valence-electron chi connectivity index (χ4n) is 2.63. The summed E-state index contributed by atoms with van der Waals surface area (Å²) in [6.45, 7) is 1.97. The molecule has 0 aliphatic heterocycles. The number of nitrogens with two attached hydrogens (primary N) is 1. The van der Waals surface area contributed by atoms with Crippen molar-refractivity contribution in [3.8, 4) is 0 Å². The minimum absolute atomic E-state index is 0.228. The zero-order valence-electron chi connectivity index (χ0n) is 11.9. The van der Waals surface area contributed by atoms with Crippen molar-refractivity contribution in [1.82, 2.24) is 4.98 Å². The Hall–Kier alpha value is -2.26. The third-order valence-electron chi connectivity index (χ3n) is 3.81. The van der Waals surface area contributed by atoms with Crippen molar-refractivity contribution < 1.29 is 4.39 Å². The Morgan fingerprint density at radius 2 is 1.95 bits per heavy atom. The van der Waals surface area contributed by atoms with Crippen LogP contribution in [-0.2, 0) is 6.42 Å². The van der Waals surface area contributed by atoms with Gasteiger partial charge in [-0.25, -0.2) is 4.39 Å². The van der Waals surface area contributed by atoms with Crippen LogP contribution < -0.4 is 5.73 Å². The number of fused-ring (bicyclic) bond motifs is 1. The van der Waals surface area contributed by atoms with E-state index in [2.05, 4.69) is 4.98 Å². The zero-order chi connectivity index (χ0) is 14.8. The Morgan fingerprint density at radius 1 is 1.14 bits per heavy atom. The molecule has 0 aliphatic carbocycles. The minimum Gasteiger partial charge on any atom is -0.322 e. The molecule has 2 N–H and O–H groups in total. The second-order valence-corrected chi connectivity index (χ2v) is 5.30. The van der Waals surface area contributed by atoms with Gasteiger partial charge in [-0.05, 0) is 48.1 Å². The Morgan fingerprint density at radius 3 is 2.81 bits per heavy atom. The van der Waals surface area contributed by atoms with E-state index < -0.39 is 0 Å². The number of pyridine rings is 1. The summed E-state index contributed by atoms with van der Waals surface area (Å²) in [5.41, 5.74) is 9.16. The van der Waals surface area contributed by atoms with Crippen molar-refractivity contribution >= 4 is 10.8 Å². The molecule has 3 heteroatoms. The molecule has 0 spiro atoms. The van der Waals surface area contributed by atoms with Crippen LogP contribution in [0.25, 0.3) is 10.8 Å². The largest absolute Gasteiger partial charge is 0.322 e. The van der Waals surface area contributed by atoms with E-state index in [9.17, 15) is 4.39 Å². The quantitative estimate of drug-likeness (QED) is 0.789. The van der Waals surface area contributed by atoms with Crippen LogP contribution in [0.5, 0.6) is 0 Å². The molecule has 0 amide bonds. The molecule has 21 heavy (non-hydrogen) atoms. The van der Waals surface area contributed by atoms with Gasteiger partial charge in [-0.2, -0.15) is 0 Å². The maximum absolute atomic E-state index is 13.4. The molecule has 3 aromatic rings. The highest BCUT2D eigenvalue weighted by Crippen LogP contribution is 2.24. The summed E-state index contributed by atoms with van der Waals surface area (Å²) >= 11 is 0. The highest BCUT2D eigenvalue weighted by molar-refractivity contribution is 5.84. The molecule has 106 valence electrons. The van der Waals surface area contributed by atoms with Crippen molar-refractivity contribution in [1.29, 1.82) is 0 Å². The molecule has 0 aliphatic rings. The van der Waals surface area contributed by atoms with Crippen molar-refractivity contribution in [3.05, 3.63) is 77.4 Å². The van der Waals surface area contributed by atoms with E-state index >= 15 is 0 Å². The topological polar surface area (TPSA) is 38.9 Å². The number of nitrogens with zero attached hydrogens (tertiary/aromatic N) is 1. The summed E-state index contributed by atoms with van der Waals surface area (Å²) in [4.78, 5) is 4.44. The molecule has 1 atom stereocenters. The molecular weight excluding hydrogens is 263 g/mol. The standard InChI is InChI=1S/C18H17FN2/c1-12-6-7-15(19)10-14(12)11-17(20)18-16-5-3-2-4-13(16)8-9-21-18/h2-10,17H,11,20H2,1H3. The zero-order valence-corrected chi connectivity index (χ0v) is 11.9. The average molecular weight is 280 g/mol. The first-order valence-electron chi connectivity index (χ1n) is 6.99. The van der Waals surface area contributed by atoms with Crippen LogP contribution in [0.15, 0.2) is 54.7 Å². The SMILES string of the molecule is Cc1ccc(F)cc1CC(N)c1nccc2ccccc12. The van der Waals surface area contributed by atoms with Crippen molar-refractivity contribution in [3.63, 3.8) is 0 Å². The van der Waals surface area contributed by atoms with Gasteiger partial charge in [-0.3, -0.25) is 4.98 Å². The van der Waals surface area contributed by atoms with E-state index in [1.807, 2.05) is 37.3 Å². The molecule has 0 saturated carbocycles. The summed E-state index contributed by atoms with van der Waals surface area (Å²) in [7, 11) is 0. The number of hydrogen-bond donors (Lipinski definition) is 1. The van der Waals surface area contributed by atoms with E-state index in [1.54, 1.807) is 18.3 Å². The van der Waals surface area contributed by atoms with Crippen molar-refractivity contribution in [2.75, 3.05) is 0 Å². The fourth-order valence-corrected chi connectivity index (χ4v) is 2.63. The number of aryl methyl sites for hydroxylation is 1. The number of hydrogen-bond acceptors (Lipinski definition) is 2. The summed E-state index contributed by atoms with van der Waals surface area (Å²) in [6.07, 6.45) is 2.35. The van der Waals surface area contributed by atoms with Gasteiger partial charge in [0.25, 0.3) is 0 Å². The lowest BCUT2D eigenvalue weighted by Gasteiger charge is -2.15. The molecule has 2 nitrogen and oxygen atoms in total. The number of aromatic nitrogens is 1. The molecule has 0 saturated heterocycles. The smallest absolute Gasteiger partial charge is 0.123 e. The molecule has 0 fully saturated rings. The van der Waals surface area contributed by atoms with E-state index in [1.165, 1.54) is 6.07 Å². The highest BCUT2D eigenvalue weighted by atomic mass is 19.1. The Balaban J connectivity index is 1.97. The van der Waals surface area contributed by atoms with Crippen LogP contribution in [0.4, 0.5) is 4.39 Å². The molecular formula is C18H17FN2. The Labute approximate surface area is 123 Å². The lowest BCUT2D eigenvalue weighted by molar-refractivity contribution is 0.620. The third-order valence-corrected chi connectivity index (χ3v) is 3.81. The first kappa shape index (κ1) is 13.7. The molecule has 3 rings (SSSR count). The van der Waals surface area contributed by atoms with Gasteiger partial charge >= 0.3 is 0 Å². The van der Waals surface area contributed by atoms with E-state index in [4.69, 9.17) is 5.73 Å². The second kappa shape index (κ2) is 5.62. The Bertz CT molecular complexity index is 778. The summed E-state index contributed by atoms with van der Waals surface area (Å²) in [6, 6.07) is 14.6. The molecule has 1 aromatic heterocycles. The predicted molar refractivity (Wildman–Crippen MR) is 83.5 cm³/mol. The number of rotatable bonds is 3. The molecule has 2 aromatic carbocycles. The van der Waals surface area contributed by atoms with Gasteiger partial charge in [0.1, 0.15) is 5.82 Å². The second-order valence-electron chi connectivity index (χ2n) is 5.30. The van der Waals surface area contributed by atoms with Crippen molar-refractivity contribution in [2.45, 2.75) is 19.4 Å². The fraction of sp³-hybridized carbons (Fsp3) is 0.167. The first-order valence-corrected chi connectivity index (χ1v) is 6.99. The van der Waals surface area contributed by atoms with Crippen LogP contribution in [-0.4, -0.2) is 4.98 Å². The van der Waals surface area contributed by atoms with Gasteiger partial charge in [-0.15, -0.1) is 0 Å². The van der Waals surface area contributed by atoms with E-state index in [-0.39, 0.29) is 11.9 Å². The maximum Gasteiger partial charge on any atom is 0.123 e. The van der Waals surface area contributed by atoms with Crippen LogP contribution >= 0.6 is 0 Å². The van der Waals surface area contributed by atoms with Crippen LogP contribution in [0.1, 0.15) is 22.9 Å². The summed E-state index contributed by atoms with van der Waals surface area (Å²) in [5.74, 6) is -0.228. The molecule has 1 unspecified atom stereocenters. The van der Waals surface area contributed by atoms with Crippen molar-refractivity contribution in [2.24, 2.45) is 5.73 Å². The predicted octanol–water partition coefficient (Wildman–Crippen LogP) is 3.92. The first-order chi connectivity index (χ1) is 10.1. The average Bonchev–Trinajstić information content (AvgIpc) is 2.50. The maximum atomic E-state index is 13.4. The minimum atomic E-state index is -0.253. The van der Waals surface area contributed by atoms with Gasteiger partial charge in [0.2, 0.25) is 0 Å². The van der Waals surface area contributed by atoms with Crippen LogP contribution in [0, 0.1) is 12.7 Å². The Kier molecular flexibility index (Phi) is 3.67. The van der Waals surface area contributed by atoms with Crippen LogP contribution in [0.3, 0.4) is 0 Å². The summed E-state index contributed by atoms with van der Waals surface area (Å²) < 4.78 is 13.4. The van der Waals surface area contributed by atoms with Gasteiger partial charge < -0.3 is 5.73 Å². The number of benzene rings is 2. The normalized spacial score (nSPS) is 12.5. The number of halogens is 1. The van der Waals surface area contributed by atoms with Crippen LogP contribution in [0.2, 0.25) is 0 Å². The van der Waals surface area contributed by atoms with E-state index in [0.717, 1.165) is 27.6 Å². The lowest BCUT2D eigenvalue weighted by Crippen LogP contribution is -2.16. The molecule has 1 heterocycles. The monoisotopic (exact) mass is 280 g/mol.